The van der Waals surface area contributed by atoms with Gasteiger partial charge in [0.25, 0.3) is 0 Å². The van der Waals surface area contributed by atoms with E-state index in [9.17, 15) is 39.5 Å². The number of nitrogens with one attached hydrogen (secondary N) is 1. The zero-order valence-corrected chi connectivity index (χ0v) is 15.1. The molecule has 0 saturated carbocycles. The van der Waals surface area contributed by atoms with Crippen molar-refractivity contribution in [3.05, 3.63) is 70.1 Å². The average molecular weight is 435 g/mol. The van der Waals surface area contributed by atoms with Crippen molar-refractivity contribution in [2.45, 2.75) is 19.1 Å². The van der Waals surface area contributed by atoms with Crippen LogP contribution in [0, 0.1) is 23.3 Å². The fourth-order valence-electron chi connectivity index (χ4n) is 2.21. The highest BCUT2D eigenvalue weighted by Gasteiger charge is 2.38. The van der Waals surface area contributed by atoms with Crippen molar-refractivity contribution in [3.8, 4) is 0 Å². The predicted molar refractivity (Wildman–Crippen MR) is 83.2 cm³/mol. The number of hydroxylamine groups is 1. The number of methoxy groups -OCH3 is 1. The third-order valence-electron chi connectivity index (χ3n) is 3.73. The van der Waals surface area contributed by atoms with Gasteiger partial charge in [-0.25, -0.2) is 39.5 Å². The highest BCUT2D eigenvalue weighted by atomic mass is 19.2. The van der Waals surface area contributed by atoms with Crippen LogP contribution in [0.2, 0.25) is 0 Å². The number of benzene rings is 1. The first-order valence-electron chi connectivity index (χ1n) is 7.49. The molecule has 0 spiro atoms. The van der Waals surface area contributed by atoms with Crippen molar-refractivity contribution in [2.24, 2.45) is 0 Å². The smallest absolute Gasteiger partial charge is 0.200 e. The molecule has 0 heterocycles. The lowest BCUT2D eigenvalue weighted by molar-refractivity contribution is -0.134. The topological polar surface area (TPSA) is 30.5 Å². The van der Waals surface area contributed by atoms with Gasteiger partial charge in [-0.05, 0) is 6.92 Å². The fourth-order valence-corrected chi connectivity index (χ4v) is 2.21. The minimum Gasteiger partial charge on any atom is -0.358 e. The van der Waals surface area contributed by atoms with E-state index < -0.39 is 75.7 Å². The van der Waals surface area contributed by atoms with Crippen molar-refractivity contribution in [1.29, 1.82) is 0 Å². The maximum Gasteiger partial charge on any atom is 0.200 e. The lowest BCUT2D eigenvalue weighted by Crippen LogP contribution is -2.42. The summed E-state index contributed by atoms with van der Waals surface area (Å²) in [4.78, 5) is 4.45. The zero-order valence-electron chi connectivity index (χ0n) is 15.1. The summed E-state index contributed by atoms with van der Waals surface area (Å²) in [7, 11) is 1.92. The van der Waals surface area contributed by atoms with E-state index in [1.807, 2.05) is 5.48 Å². The van der Waals surface area contributed by atoms with Crippen LogP contribution in [0.5, 0.6) is 0 Å². The Labute approximate surface area is 159 Å². The van der Waals surface area contributed by atoms with Gasteiger partial charge in [0.1, 0.15) is 5.83 Å². The third kappa shape index (κ3) is 4.82. The van der Waals surface area contributed by atoms with Gasteiger partial charge in [0.15, 0.2) is 52.3 Å². The molecule has 12 heteroatoms. The maximum absolute atomic E-state index is 14.4. The van der Waals surface area contributed by atoms with Crippen LogP contribution in [0.4, 0.5) is 39.5 Å². The lowest BCUT2D eigenvalue weighted by Gasteiger charge is -2.29. The summed E-state index contributed by atoms with van der Waals surface area (Å²) in [6, 6.07) is 0. The molecule has 1 atom stereocenters. The molecule has 0 aliphatic rings. The number of allylic oxidation sites excluding steroid dienone is 5. The van der Waals surface area contributed by atoms with Gasteiger partial charge in [0, 0.05) is 19.1 Å². The van der Waals surface area contributed by atoms with Crippen LogP contribution < -0.4 is 5.48 Å². The Morgan fingerprint density at radius 1 is 0.862 bits per heavy atom. The van der Waals surface area contributed by atoms with E-state index >= 15 is 0 Å². The van der Waals surface area contributed by atoms with E-state index in [1.165, 1.54) is 0 Å². The van der Waals surface area contributed by atoms with Gasteiger partial charge in [-0.15, -0.1) is 0 Å². The summed E-state index contributed by atoms with van der Waals surface area (Å²) >= 11 is 0. The van der Waals surface area contributed by atoms with Gasteiger partial charge < -0.3 is 9.57 Å². The van der Waals surface area contributed by atoms with Crippen LogP contribution in [-0.4, -0.2) is 14.2 Å². The second kappa shape index (κ2) is 9.46. The summed E-state index contributed by atoms with van der Waals surface area (Å²) in [6.45, 7) is 3.24. The monoisotopic (exact) mass is 435 g/mol. The Bertz CT molecular complexity index is 853. The summed E-state index contributed by atoms with van der Waals surface area (Å²) in [5.41, 5.74) is -3.31. The minimum atomic E-state index is -2.69. The summed E-state index contributed by atoms with van der Waals surface area (Å²) in [5.74, 6) is -20.8. The van der Waals surface area contributed by atoms with Crippen LogP contribution in [0.3, 0.4) is 0 Å². The largest absolute Gasteiger partial charge is 0.358 e. The van der Waals surface area contributed by atoms with Crippen LogP contribution in [0.1, 0.15) is 18.1 Å². The SMILES string of the molecule is C=C(F)/C(F)=C(F)\C(F)=C(\F)Cc1c(F)c(F)c(C(C)(NOC)OC)c(F)c1F. The molecule has 0 saturated heterocycles. The van der Waals surface area contributed by atoms with E-state index in [0.29, 0.717) is 0 Å². The second-order valence-electron chi connectivity index (χ2n) is 5.58. The molecular weight excluding hydrogens is 421 g/mol. The summed E-state index contributed by atoms with van der Waals surface area (Å²) in [5, 5.41) is 0. The van der Waals surface area contributed by atoms with Crippen molar-refractivity contribution < 1.29 is 49.1 Å². The first-order valence-corrected chi connectivity index (χ1v) is 7.49. The Hall–Kier alpha value is -2.31. The predicted octanol–water partition coefficient (Wildman–Crippen LogP) is 5.54. The maximum atomic E-state index is 14.4. The summed E-state index contributed by atoms with van der Waals surface area (Å²) in [6.07, 6.45) is -1.86. The second-order valence-corrected chi connectivity index (χ2v) is 5.58. The van der Waals surface area contributed by atoms with Crippen molar-refractivity contribution in [2.75, 3.05) is 14.2 Å². The molecule has 162 valence electrons. The molecule has 1 rings (SSSR count). The molecule has 0 fully saturated rings. The number of halogens is 9. The highest BCUT2D eigenvalue weighted by Crippen LogP contribution is 2.35. The number of hydrogen-bond acceptors (Lipinski definition) is 3. The van der Waals surface area contributed by atoms with Gasteiger partial charge in [0.2, 0.25) is 0 Å². The highest BCUT2D eigenvalue weighted by molar-refractivity contribution is 5.37. The average Bonchev–Trinajstić information content (AvgIpc) is 2.67. The number of ether oxygens (including phenoxy) is 1. The molecule has 1 aromatic rings. The van der Waals surface area contributed by atoms with E-state index in [-0.39, 0.29) is 0 Å². The molecule has 0 amide bonds. The van der Waals surface area contributed by atoms with E-state index in [4.69, 9.17) is 4.74 Å². The molecule has 1 aromatic carbocycles. The van der Waals surface area contributed by atoms with Gasteiger partial charge >= 0.3 is 0 Å². The fraction of sp³-hybridized carbons (Fsp3) is 0.294. The van der Waals surface area contributed by atoms with E-state index in [1.54, 1.807) is 0 Å². The molecule has 1 unspecified atom stereocenters. The molecule has 0 radical (unpaired) electrons. The van der Waals surface area contributed by atoms with Gasteiger partial charge in [0.05, 0.1) is 12.7 Å². The van der Waals surface area contributed by atoms with Crippen LogP contribution in [0.15, 0.2) is 35.7 Å². The molecule has 0 aromatic heterocycles. The molecule has 3 nitrogen and oxygen atoms in total. The van der Waals surface area contributed by atoms with Crippen LogP contribution >= 0.6 is 0 Å². The molecule has 0 aliphatic carbocycles. The molecule has 29 heavy (non-hydrogen) atoms. The van der Waals surface area contributed by atoms with E-state index in [0.717, 1.165) is 21.1 Å². The first kappa shape index (κ1) is 24.7. The van der Waals surface area contributed by atoms with E-state index in [2.05, 4.69) is 11.4 Å². The number of rotatable bonds is 8. The Morgan fingerprint density at radius 2 is 1.34 bits per heavy atom. The van der Waals surface area contributed by atoms with Crippen molar-refractivity contribution >= 4 is 0 Å². The number of hydrogen-bond donors (Lipinski definition) is 1. The lowest BCUT2D eigenvalue weighted by atomic mass is 9.98. The molecule has 0 aliphatic heterocycles. The van der Waals surface area contributed by atoms with Gasteiger partial charge in [-0.1, -0.05) is 6.58 Å². The summed E-state index contributed by atoms with van der Waals surface area (Å²) < 4.78 is 128. The van der Waals surface area contributed by atoms with Gasteiger partial charge in [-0.3, -0.25) is 0 Å². The zero-order chi connectivity index (χ0) is 22.7. The molecule has 1 N–H and O–H groups in total. The quantitative estimate of drug-likeness (QED) is 0.191. The van der Waals surface area contributed by atoms with Crippen LogP contribution in [0.25, 0.3) is 0 Å². The standard InChI is InChI=1S/C17H14F9NO2/c1-6(18)10(20)16(26)13(23)8(19)5-7-11(21)14(24)9(15(25)12(7)22)17(2,28-3)27-29-4/h27H,1,5H2,2-4H3/b13-8-,16-10-. The third-order valence-corrected chi connectivity index (χ3v) is 3.73. The Morgan fingerprint density at radius 3 is 1.72 bits per heavy atom. The van der Waals surface area contributed by atoms with Crippen molar-refractivity contribution in [1.82, 2.24) is 5.48 Å². The van der Waals surface area contributed by atoms with Crippen molar-refractivity contribution in [3.63, 3.8) is 0 Å². The Balaban J connectivity index is 3.61. The van der Waals surface area contributed by atoms with Gasteiger partial charge in [-0.2, -0.15) is 5.48 Å². The first-order chi connectivity index (χ1) is 13.3. The Kier molecular flexibility index (Phi) is 8.07. The minimum absolute atomic E-state index is 0.912. The molecular formula is C17H14F9NO2. The normalized spacial score (nSPS) is 15.6. The molecule has 0 bridgehead atoms. The van der Waals surface area contributed by atoms with Crippen LogP contribution in [-0.2, 0) is 21.7 Å².